The molecule has 0 saturated carbocycles. The molecule has 120 valence electrons. The van der Waals surface area contributed by atoms with Gasteiger partial charge in [0.25, 0.3) is 5.91 Å². The number of halogens is 5. The van der Waals surface area contributed by atoms with Gasteiger partial charge in [0, 0.05) is 11.6 Å². The van der Waals surface area contributed by atoms with Gasteiger partial charge in [0.1, 0.15) is 12.3 Å². The fourth-order valence-electron chi connectivity index (χ4n) is 1.52. The van der Waals surface area contributed by atoms with Gasteiger partial charge < -0.3 is 9.64 Å². The summed E-state index contributed by atoms with van der Waals surface area (Å²) < 4.78 is 42.3. The average molecular weight is 355 g/mol. The van der Waals surface area contributed by atoms with Crippen LogP contribution in [0.2, 0.25) is 10.0 Å². The van der Waals surface area contributed by atoms with Crippen molar-refractivity contribution in [2.75, 3.05) is 19.7 Å². The van der Waals surface area contributed by atoms with Crippen molar-refractivity contribution in [2.24, 2.45) is 0 Å². The molecule has 1 rings (SSSR count). The van der Waals surface area contributed by atoms with Crippen molar-refractivity contribution in [1.82, 2.24) is 4.90 Å². The van der Waals surface area contributed by atoms with Crippen molar-refractivity contribution in [2.45, 2.75) is 12.6 Å². The van der Waals surface area contributed by atoms with E-state index in [-0.39, 0.29) is 23.7 Å². The van der Waals surface area contributed by atoms with Gasteiger partial charge in [-0.3, -0.25) is 4.79 Å². The van der Waals surface area contributed by atoms with E-state index in [2.05, 4.69) is 0 Å². The van der Waals surface area contributed by atoms with Crippen LogP contribution in [0.3, 0.4) is 0 Å². The molecule has 0 radical (unpaired) electrons. The largest absolute Gasteiger partial charge is 0.482 e. The van der Waals surface area contributed by atoms with Gasteiger partial charge in [-0.15, -0.1) is 0 Å². The Kier molecular flexibility index (Phi) is 6.78. The third-order valence-corrected chi connectivity index (χ3v) is 2.99. The Bertz CT molecular complexity index is 573. The number of alkyl halides is 3. The summed E-state index contributed by atoms with van der Waals surface area (Å²) in [6.45, 7) is -2.39. The van der Waals surface area contributed by atoms with Crippen LogP contribution in [0.25, 0.3) is 0 Å². The summed E-state index contributed by atoms with van der Waals surface area (Å²) in [4.78, 5) is 12.3. The quantitative estimate of drug-likeness (QED) is 0.782. The van der Waals surface area contributed by atoms with Gasteiger partial charge in [-0.25, -0.2) is 0 Å². The molecule has 0 N–H and O–H groups in total. The second-order valence-corrected chi connectivity index (χ2v) is 5.05. The van der Waals surface area contributed by atoms with Gasteiger partial charge in [0.2, 0.25) is 0 Å². The van der Waals surface area contributed by atoms with Crippen LogP contribution in [0.4, 0.5) is 13.2 Å². The van der Waals surface area contributed by atoms with E-state index in [1.54, 1.807) is 6.07 Å². The number of hydrogen-bond acceptors (Lipinski definition) is 3. The predicted molar refractivity (Wildman–Crippen MR) is 74.8 cm³/mol. The van der Waals surface area contributed by atoms with Gasteiger partial charge in [-0.05, 0) is 18.2 Å². The lowest BCUT2D eigenvalue weighted by Crippen LogP contribution is -2.41. The Balaban J connectivity index is 2.68. The maximum atomic E-state index is 12.4. The molecule has 1 amide bonds. The molecule has 0 aromatic heterocycles. The summed E-state index contributed by atoms with van der Waals surface area (Å²) in [6.07, 6.45) is -4.76. The molecule has 9 heteroatoms. The zero-order valence-corrected chi connectivity index (χ0v) is 12.7. The number of nitriles is 1. The van der Waals surface area contributed by atoms with Crippen LogP contribution in [0, 0.1) is 11.3 Å². The fourth-order valence-corrected chi connectivity index (χ4v) is 1.98. The van der Waals surface area contributed by atoms with Crippen LogP contribution >= 0.6 is 23.2 Å². The number of benzene rings is 1. The van der Waals surface area contributed by atoms with Crippen LogP contribution in [-0.2, 0) is 4.79 Å². The number of carbonyl (C=O) groups is 1. The van der Waals surface area contributed by atoms with Crippen LogP contribution in [0.5, 0.6) is 5.75 Å². The molecule has 0 atom stereocenters. The Hall–Kier alpha value is -1.65. The molecule has 0 unspecified atom stereocenters. The highest BCUT2D eigenvalue weighted by molar-refractivity contribution is 6.35. The summed E-state index contributed by atoms with van der Waals surface area (Å²) in [5.41, 5.74) is 0. The van der Waals surface area contributed by atoms with Crippen LogP contribution < -0.4 is 4.74 Å². The molecule has 4 nitrogen and oxygen atoms in total. The van der Waals surface area contributed by atoms with E-state index in [0.717, 1.165) is 0 Å². The van der Waals surface area contributed by atoms with Crippen LogP contribution in [0.15, 0.2) is 18.2 Å². The summed E-state index contributed by atoms with van der Waals surface area (Å²) in [7, 11) is 0. The van der Waals surface area contributed by atoms with Gasteiger partial charge >= 0.3 is 6.18 Å². The van der Waals surface area contributed by atoms with Gasteiger partial charge in [-0.2, -0.15) is 18.4 Å². The number of hydrogen-bond donors (Lipinski definition) is 0. The Morgan fingerprint density at radius 3 is 2.59 bits per heavy atom. The molecule has 0 spiro atoms. The molecule has 0 aliphatic heterocycles. The first-order chi connectivity index (χ1) is 10.2. The van der Waals surface area contributed by atoms with E-state index < -0.39 is 25.2 Å². The highest BCUT2D eigenvalue weighted by Gasteiger charge is 2.32. The Morgan fingerprint density at radius 2 is 2.05 bits per heavy atom. The van der Waals surface area contributed by atoms with E-state index in [4.69, 9.17) is 33.2 Å². The molecule has 0 fully saturated rings. The van der Waals surface area contributed by atoms with E-state index in [0.29, 0.717) is 9.92 Å². The molecule has 1 aromatic rings. The number of ether oxygens (including phenoxy) is 1. The standard InChI is InChI=1S/C13H11Cl2F3N2O2/c14-9-2-3-11(10(15)6-9)22-7-12(21)20(5-1-4-19)8-13(16,17)18/h2-3,6H,1,5,7-8H2. The first-order valence-corrected chi connectivity index (χ1v) is 6.78. The zero-order chi connectivity index (χ0) is 16.8. The Labute approximate surface area is 135 Å². The Morgan fingerprint density at radius 1 is 1.36 bits per heavy atom. The number of nitrogens with zero attached hydrogens (tertiary/aromatic N) is 2. The van der Waals surface area contributed by atoms with Crippen molar-refractivity contribution in [1.29, 1.82) is 5.26 Å². The minimum absolute atomic E-state index is 0.131. The molecular formula is C13H11Cl2F3N2O2. The maximum absolute atomic E-state index is 12.4. The van der Waals surface area contributed by atoms with Crippen LogP contribution in [-0.4, -0.2) is 36.7 Å². The smallest absolute Gasteiger partial charge is 0.406 e. The van der Waals surface area contributed by atoms with Crippen molar-refractivity contribution in [3.8, 4) is 11.8 Å². The SMILES string of the molecule is N#CCCN(CC(F)(F)F)C(=O)COc1ccc(Cl)cc1Cl. The molecule has 1 aromatic carbocycles. The zero-order valence-electron chi connectivity index (χ0n) is 11.2. The fraction of sp³-hybridized carbons (Fsp3) is 0.385. The topological polar surface area (TPSA) is 53.3 Å². The highest BCUT2D eigenvalue weighted by Crippen LogP contribution is 2.27. The second-order valence-electron chi connectivity index (χ2n) is 4.20. The summed E-state index contributed by atoms with van der Waals surface area (Å²) in [5, 5.41) is 8.93. The number of amides is 1. The normalized spacial score (nSPS) is 10.9. The number of rotatable bonds is 6. The lowest BCUT2D eigenvalue weighted by Gasteiger charge is -2.23. The van der Waals surface area contributed by atoms with Crippen molar-refractivity contribution in [3.63, 3.8) is 0 Å². The van der Waals surface area contributed by atoms with Gasteiger partial charge in [0.05, 0.1) is 17.5 Å². The third-order valence-electron chi connectivity index (χ3n) is 2.46. The lowest BCUT2D eigenvalue weighted by molar-refractivity contribution is -0.162. The van der Waals surface area contributed by atoms with E-state index in [9.17, 15) is 18.0 Å². The molecular weight excluding hydrogens is 344 g/mol. The first kappa shape index (κ1) is 18.4. The summed E-state index contributed by atoms with van der Waals surface area (Å²) >= 11 is 11.5. The minimum atomic E-state index is -4.55. The van der Waals surface area contributed by atoms with Gasteiger partial charge in [0.15, 0.2) is 6.61 Å². The van der Waals surface area contributed by atoms with Crippen molar-refractivity contribution in [3.05, 3.63) is 28.2 Å². The molecule has 22 heavy (non-hydrogen) atoms. The lowest BCUT2D eigenvalue weighted by atomic mass is 10.3. The molecule has 0 saturated heterocycles. The van der Waals surface area contributed by atoms with E-state index >= 15 is 0 Å². The number of carbonyl (C=O) groups excluding carboxylic acids is 1. The third kappa shape index (κ3) is 6.41. The van der Waals surface area contributed by atoms with E-state index in [1.807, 2.05) is 0 Å². The summed E-state index contributed by atoms with van der Waals surface area (Å²) in [5.74, 6) is -0.759. The second kappa shape index (κ2) is 8.11. The van der Waals surface area contributed by atoms with Crippen LogP contribution in [0.1, 0.15) is 6.42 Å². The van der Waals surface area contributed by atoms with Gasteiger partial charge in [-0.1, -0.05) is 23.2 Å². The molecule has 0 aliphatic carbocycles. The minimum Gasteiger partial charge on any atom is -0.482 e. The predicted octanol–water partition coefficient (Wildman–Crippen LogP) is 3.68. The maximum Gasteiger partial charge on any atom is 0.406 e. The average Bonchev–Trinajstić information content (AvgIpc) is 2.41. The molecule has 0 bridgehead atoms. The monoisotopic (exact) mass is 354 g/mol. The highest BCUT2D eigenvalue weighted by atomic mass is 35.5. The molecule has 0 heterocycles. The van der Waals surface area contributed by atoms with Crippen molar-refractivity contribution >= 4 is 29.1 Å². The van der Waals surface area contributed by atoms with E-state index in [1.165, 1.54) is 18.2 Å². The summed E-state index contributed by atoms with van der Waals surface area (Å²) in [6, 6.07) is 5.94. The van der Waals surface area contributed by atoms with Crippen molar-refractivity contribution < 1.29 is 22.7 Å². The molecule has 0 aliphatic rings. The first-order valence-electron chi connectivity index (χ1n) is 6.02.